The summed E-state index contributed by atoms with van der Waals surface area (Å²) in [5, 5.41) is 2.67. The number of ketones is 1. The molecule has 0 saturated heterocycles. The summed E-state index contributed by atoms with van der Waals surface area (Å²) in [6.45, 7) is 3.03. The van der Waals surface area contributed by atoms with E-state index in [0.29, 0.717) is 17.7 Å². The predicted molar refractivity (Wildman–Crippen MR) is 87.1 cm³/mol. The Morgan fingerprint density at radius 1 is 1.17 bits per heavy atom. The van der Waals surface area contributed by atoms with Crippen LogP contribution in [0.25, 0.3) is 0 Å². The molecule has 2 atom stereocenters. The molecule has 2 rings (SSSR count). The van der Waals surface area contributed by atoms with Crippen LogP contribution in [0.2, 0.25) is 0 Å². The number of carbonyl (C=O) groups excluding carboxylic acids is 3. The third-order valence-corrected chi connectivity index (χ3v) is 3.82. The topological polar surface area (TPSA) is 72.5 Å². The summed E-state index contributed by atoms with van der Waals surface area (Å²) >= 11 is 0. The number of anilines is 1. The molecule has 5 heteroatoms. The van der Waals surface area contributed by atoms with Crippen LogP contribution < -0.4 is 5.32 Å². The van der Waals surface area contributed by atoms with Gasteiger partial charge in [-0.1, -0.05) is 12.2 Å². The molecular weight excluding hydrogens is 294 g/mol. The highest BCUT2D eigenvalue weighted by Gasteiger charge is 2.25. The quantitative estimate of drug-likeness (QED) is 0.515. The first-order chi connectivity index (χ1) is 11.0. The van der Waals surface area contributed by atoms with Gasteiger partial charge in [-0.15, -0.1) is 0 Å². The molecule has 0 aliphatic heterocycles. The van der Waals surface area contributed by atoms with Crippen LogP contribution in [-0.4, -0.2) is 23.8 Å². The Morgan fingerprint density at radius 2 is 1.87 bits per heavy atom. The Morgan fingerprint density at radius 3 is 2.43 bits per heavy atom. The molecule has 0 spiro atoms. The average Bonchev–Trinajstić information content (AvgIpc) is 2.56. The third kappa shape index (κ3) is 4.77. The lowest BCUT2D eigenvalue weighted by molar-refractivity contribution is -0.157. The molecule has 0 bridgehead atoms. The highest BCUT2D eigenvalue weighted by Crippen LogP contribution is 2.20. The maximum atomic E-state index is 12.1. The number of nitrogens with one attached hydrogen (secondary N) is 1. The lowest BCUT2D eigenvalue weighted by atomic mass is 9.95. The molecule has 0 fully saturated rings. The average molecular weight is 315 g/mol. The minimum atomic E-state index is -0.860. The van der Waals surface area contributed by atoms with E-state index in [9.17, 15) is 14.4 Å². The van der Waals surface area contributed by atoms with Gasteiger partial charge >= 0.3 is 5.97 Å². The SMILES string of the molecule is CC(=O)c1ccc(NC(=O)[C@@H](C)OC(=O)[C@@H]2CC=CCC2)cc1. The van der Waals surface area contributed by atoms with Crippen molar-refractivity contribution in [1.82, 2.24) is 0 Å². The van der Waals surface area contributed by atoms with Crippen molar-refractivity contribution in [3.63, 3.8) is 0 Å². The van der Waals surface area contributed by atoms with E-state index in [2.05, 4.69) is 5.32 Å². The molecule has 1 N–H and O–H groups in total. The number of benzene rings is 1. The largest absolute Gasteiger partial charge is 0.452 e. The van der Waals surface area contributed by atoms with Gasteiger partial charge < -0.3 is 10.1 Å². The highest BCUT2D eigenvalue weighted by molar-refractivity contribution is 5.97. The van der Waals surface area contributed by atoms with Crippen molar-refractivity contribution in [3.8, 4) is 0 Å². The van der Waals surface area contributed by atoms with E-state index in [1.165, 1.54) is 6.92 Å². The van der Waals surface area contributed by atoms with Crippen LogP contribution in [0.1, 0.15) is 43.5 Å². The van der Waals surface area contributed by atoms with Crippen LogP contribution in [0.5, 0.6) is 0 Å². The zero-order valence-corrected chi connectivity index (χ0v) is 13.4. The van der Waals surface area contributed by atoms with Gasteiger partial charge in [-0.05, 0) is 57.4 Å². The van der Waals surface area contributed by atoms with Gasteiger partial charge in [0.25, 0.3) is 5.91 Å². The van der Waals surface area contributed by atoms with Crippen LogP contribution in [0.3, 0.4) is 0 Å². The van der Waals surface area contributed by atoms with Crippen molar-refractivity contribution in [3.05, 3.63) is 42.0 Å². The lowest BCUT2D eigenvalue weighted by Gasteiger charge is -2.19. The standard InChI is InChI=1S/C18H21NO4/c1-12(20)14-8-10-16(11-9-14)19-17(21)13(2)23-18(22)15-6-4-3-5-7-15/h3-4,8-11,13,15H,5-7H2,1-2H3,(H,19,21)/t13-,15-/m1/s1. The number of ether oxygens (including phenoxy) is 1. The zero-order valence-electron chi connectivity index (χ0n) is 13.4. The van der Waals surface area contributed by atoms with Gasteiger partial charge in [-0.3, -0.25) is 14.4 Å². The Bertz CT molecular complexity index is 618. The summed E-state index contributed by atoms with van der Waals surface area (Å²) < 4.78 is 5.25. The van der Waals surface area contributed by atoms with Crippen molar-refractivity contribution in [1.29, 1.82) is 0 Å². The fourth-order valence-electron chi connectivity index (χ4n) is 2.36. The van der Waals surface area contributed by atoms with Gasteiger partial charge in [-0.2, -0.15) is 0 Å². The molecule has 1 aliphatic carbocycles. The molecule has 5 nitrogen and oxygen atoms in total. The number of rotatable bonds is 5. The van der Waals surface area contributed by atoms with Crippen molar-refractivity contribution < 1.29 is 19.1 Å². The van der Waals surface area contributed by atoms with Gasteiger partial charge in [-0.25, -0.2) is 0 Å². The van der Waals surface area contributed by atoms with Crippen LogP contribution in [0.15, 0.2) is 36.4 Å². The van der Waals surface area contributed by atoms with Crippen LogP contribution in [0, 0.1) is 5.92 Å². The Kier molecular flexibility index (Phi) is 5.68. The molecular formula is C18H21NO4. The summed E-state index contributed by atoms with van der Waals surface area (Å²) in [5.41, 5.74) is 1.14. The van der Waals surface area contributed by atoms with Gasteiger partial charge in [0, 0.05) is 11.3 Å². The van der Waals surface area contributed by atoms with E-state index in [1.54, 1.807) is 31.2 Å². The minimum absolute atomic E-state index is 0.0355. The summed E-state index contributed by atoms with van der Waals surface area (Å²) in [5.74, 6) is -0.916. The second-order valence-corrected chi connectivity index (χ2v) is 5.68. The normalized spacial score (nSPS) is 18.1. The molecule has 23 heavy (non-hydrogen) atoms. The number of hydrogen-bond acceptors (Lipinski definition) is 4. The van der Waals surface area contributed by atoms with Crippen molar-refractivity contribution >= 4 is 23.3 Å². The molecule has 1 aromatic carbocycles. The highest BCUT2D eigenvalue weighted by atomic mass is 16.5. The second kappa shape index (κ2) is 7.72. The second-order valence-electron chi connectivity index (χ2n) is 5.68. The minimum Gasteiger partial charge on any atom is -0.452 e. The van der Waals surface area contributed by atoms with E-state index in [0.717, 1.165) is 12.8 Å². The molecule has 0 heterocycles. The third-order valence-electron chi connectivity index (χ3n) is 3.82. The smallest absolute Gasteiger partial charge is 0.310 e. The van der Waals surface area contributed by atoms with Gasteiger partial charge in [0.05, 0.1) is 5.92 Å². The molecule has 1 aromatic rings. The Hall–Kier alpha value is -2.43. The fraction of sp³-hybridized carbons (Fsp3) is 0.389. The monoisotopic (exact) mass is 315 g/mol. The van der Waals surface area contributed by atoms with Gasteiger partial charge in [0.15, 0.2) is 11.9 Å². The molecule has 122 valence electrons. The number of hydrogen-bond donors (Lipinski definition) is 1. The van der Waals surface area contributed by atoms with Crippen LogP contribution in [0.4, 0.5) is 5.69 Å². The number of allylic oxidation sites excluding steroid dienone is 2. The number of amides is 1. The molecule has 0 aromatic heterocycles. The first-order valence-electron chi connectivity index (χ1n) is 7.74. The molecule has 1 aliphatic rings. The number of esters is 1. The summed E-state index contributed by atoms with van der Waals surface area (Å²) in [4.78, 5) is 35.3. The summed E-state index contributed by atoms with van der Waals surface area (Å²) in [6.07, 6.45) is 5.45. The van der Waals surface area contributed by atoms with Gasteiger partial charge in [0.2, 0.25) is 0 Å². The van der Waals surface area contributed by atoms with E-state index in [1.807, 2.05) is 12.2 Å². The van der Waals surface area contributed by atoms with E-state index >= 15 is 0 Å². The van der Waals surface area contributed by atoms with Crippen molar-refractivity contribution in [2.24, 2.45) is 5.92 Å². The molecule has 0 saturated carbocycles. The first-order valence-corrected chi connectivity index (χ1v) is 7.74. The molecule has 0 radical (unpaired) electrons. The molecule has 0 unspecified atom stereocenters. The summed E-state index contributed by atoms with van der Waals surface area (Å²) in [6, 6.07) is 6.58. The Balaban J connectivity index is 1.88. The Labute approximate surface area is 135 Å². The maximum absolute atomic E-state index is 12.1. The van der Waals surface area contributed by atoms with Crippen molar-refractivity contribution in [2.45, 2.75) is 39.2 Å². The van der Waals surface area contributed by atoms with E-state index in [-0.39, 0.29) is 23.6 Å². The molecule has 1 amide bonds. The summed E-state index contributed by atoms with van der Waals surface area (Å²) in [7, 11) is 0. The predicted octanol–water partition coefficient (Wildman–Crippen LogP) is 3.12. The van der Waals surface area contributed by atoms with Crippen molar-refractivity contribution in [2.75, 3.05) is 5.32 Å². The van der Waals surface area contributed by atoms with Crippen LogP contribution >= 0.6 is 0 Å². The number of Topliss-reactive ketones (excluding diaryl/α,β-unsaturated/α-hetero) is 1. The van der Waals surface area contributed by atoms with E-state index < -0.39 is 6.10 Å². The van der Waals surface area contributed by atoms with Gasteiger partial charge in [0.1, 0.15) is 0 Å². The maximum Gasteiger partial charge on any atom is 0.310 e. The number of carbonyl (C=O) groups is 3. The van der Waals surface area contributed by atoms with E-state index in [4.69, 9.17) is 4.74 Å². The first kappa shape index (κ1) is 16.9. The zero-order chi connectivity index (χ0) is 16.8. The van der Waals surface area contributed by atoms with Crippen LogP contribution in [-0.2, 0) is 14.3 Å². The lowest BCUT2D eigenvalue weighted by Crippen LogP contribution is -2.32. The fourth-order valence-corrected chi connectivity index (χ4v) is 2.36.